The number of carboxylic acid groups (broad SMARTS) is 1. The van der Waals surface area contributed by atoms with Crippen LogP contribution in [0, 0.1) is 5.92 Å². The number of rotatable bonds is 12. The van der Waals surface area contributed by atoms with Gasteiger partial charge in [-0.05, 0) is 38.1 Å². The number of carboxylic acids is 1. The molecule has 2 aliphatic heterocycles. The Hall–Kier alpha value is -3.85. The van der Waals surface area contributed by atoms with Crippen molar-refractivity contribution in [3.8, 4) is 11.5 Å². The Kier molecular flexibility index (Phi) is 8.83. The van der Waals surface area contributed by atoms with E-state index in [0.717, 1.165) is 24.9 Å². The van der Waals surface area contributed by atoms with Gasteiger partial charge in [0.05, 0.1) is 37.9 Å². The number of likely N-dealkylation sites (N-methyl/N-ethyl adjacent to an activating group) is 1. The summed E-state index contributed by atoms with van der Waals surface area (Å²) >= 11 is 1.43. The van der Waals surface area contributed by atoms with Crippen LogP contribution in [0.5, 0.6) is 11.5 Å². The van der Waals surface area contributed by atoms with Gasteiger partial charge in [0, 0.05) is 29.2 Å². The zero-order valence-electron chi connectivity index (χ0n) is 23.9. The van der Waals surface area contributed by atoms with Crippen LogP contribution in [0.3, 0.4) is 0 Å². The van der Waals surface area contributed by atoms with Crippen molar-refractivity contribution in [3.63, 3.8) is 0 Å². The summed E-state index contributed by atoms with van der Waals surface area (Å²) in [6, 6.07) is 4.18. The van der Waals surface area contributed by atoms with Gasteiger partial charge in [0.2, 0.25) is 23.6 Å². The molecule has 5 N–H and O–H groups in total. The molecule has 2 aliphatic carbocycles. The van der Waals surface area contributed by atoms with Crippen LogP contribution in [0.1, 0.15) is 24.0 Å². The first kappa shape index (κ1) is 30.6. The fraction of sp³-hybridized carbons (Fsp3) is 0.571. The topological polar surface area (TPSA) is 192 Å². The number of benzene rings is 1. The minimum Gasteiger partial charge on any atom is -0.493 e. The van der Waals surface area contributed by atoms with Gasteiger partial charge in [0.15, 0.2) is 23.4 Å². The highest BCUT2D eigenvalue weighted by Crippen LogP contribution is 2.64. The lowest BCUT2D eigenvalue weighted by Crippen LogP contribution is -2.68. The number of Topliss-reactive ketones (excluding diaryl/α,β-unsaturated/α-hetero) is 1. The summed E-state index contributed by atoms with van der Waals surface area (Å²) in [7, 11) is 3.70. The maximum Gasteiger partial charge on any atom is 0.322 e. The van der Waals surface area contributed by atoms with Gasteiger partial charge >= 0.3 is 5.97 Å². The third kappa shape index (κ3) is 5.87. The number of hydrogen-bond donors (Lipinski definition) is 5. The Bertz CT molecular complexity index is 1360. The molecule has 1 aromatic carbocycles. The third-order valence-electron chi connectivity index (χ3n) is 8.78. The summed E-state index contributed by atoms with van der Waals surface area (Å²) in [5.41, 5.74) is 1.81. The highest BCUT2D eigenvalue weighted by atomic mass is 32.2. The second-order valence-electron chi connectivity index (χ2n) is 11.2. The Labute approximate surface area is 252 Å². The van der Waals surface area contributed by atoms with Gasteiger partial charge < -0.3 is 40.7 Å². The van der Waals surface area contributed by atoms with E-state index in [-0.39, 0.29) is 47.6 Å². The first-order chi connectivity index (χ1) is 20.5. The number of hydrogen-bond acceptors (Lipinski definition) is 10. The van der Waals surface area contributed by atoms with E-state index >= 15 is 0 Å². The van der Waals surface area contributed by atoms with Crippen LogP contribution in [-0.4, -0.2) is 115 Å². The maximum atomic E-state index is 13.5. The zero-order valence-corrected chi connectivity index (χ0v) is 24.7. The van der Waals surface area contributed by atoms with Gasteiger partial charge in [-0.15, -0.1) is 11.8 Å². The number of aliphatic carboxylic acids is 1. The number of methoxy groups -OCH3 is 1. The van der Waals surface area contributed by atoms with Crippen molar-refractivity contribution in [1.82, 2.24) is 26.2 Å². The van der Waals surface area contributed by atoms with Crippen molar-refractivity contribution < 1.29 is 43.3 Å². The average Bonchev–Trinajstić information content (AvgIpc) is 3.34. The summed E-state index contributed by atoms with van der Waals surface area (Å²) in [6.07, 6.45) is 1.32. The molecule has 1 unspecified atom stereocenters. The Balaban J connectivity index is 1.14. The number of ether oxygens (including phenoxy) is 2. The molecule has 2 fully saturated rings. The second kappa shape index (κ2) is 12.4. The molecule has 14 nitrogen and oxygen atoms in total. The van der Waals surface area contributed by atoms with E-state index < -0.39 is 54.8 Å². The molecule has 4 amide bonds. The van der Waals surface area contributed by atoms with E-state index in [0.29, 0.717) is 11.5 Å². The van der Waals surface area contributed by atoms with E-state index in [4.69, 9.17) is 14.6 Å². The van der Waals surface area contributed by atoms with Crippen molar-refractivity contribution >= 4 is 47.1 Å². The van der Waals surface area contributed by atoms with Crippen LogP contribution in [0.25, 0.3) is 0 Å². The molecule has 1 saturated carbocycles. The Morgan fingerprint density at radius 1 is 1.00 bits per heavy atom. The number of nitrogens with one attached hydrogen (secondary N) is 4. The standard InChI is InChI=1S/C28H35N5O9S/c1-33-6-5-28-24-14-3-4-17(41-2)26(24)42-27(28)16(34)8-18(25(28)15(33)7-14)43-13-22(38)31-11-20(36)29-9-19(35)30-10-21(37)32-12-23(39)40/h3-4,15,18,25,27H,5-13H2,1-2H3,(H,29,36)(H,30,35)(H,31,38)(H,32,37)(H,39,40)/t15-,18?,25-,27+,28-/m1/s1. The largest absolute Gasteiger partial charge is 0.493 e. The number of thioether (sulfide) groups is 1. The first-order valence-corrected chi connectivity index (χ1v) is 15.1. The van der Waals surface area contributed by atoms with Gasteiger partial charge in [-0.3, -0.25) is 28.8 Å². The normalized spacial score (nSPS) is 26.4. The number of ketones is 1. The minimum absolute atomic E-state index is 0.0283. The zero-order chi connectivity index (χ0) is 30.9. The molecule has 0 radical (unpaired) electrons. The molecule has 4 aliphatic rings. The van der Waals surface area contributed by atoms with E-state index in [1.165, 1.54) is 17.3 Å². The number of carbonyl (C=O) groups excluding carboxylic acids is 5. The Morgan fingerprint density at radius 2 is 1.63 bits per heavy atom. The lowest BCUT2D eigenvalue weighted by atomic mass is 9.51. The minimum atomic E-state index is -1.22. The summed E-state index contributed by atoms with van der Waals surface area (Å²) in [5, 5.41) is 17.7. The molecule has 15 heteroatoms. The monoisotopic (exact) mass is 617 g/mol. The maximum absolute atomic E-state index is 13.5. The number of carbonyl (C=O) groups is 6. The summed E-state index contributed by atoms with van der Waals surface area (Å²) in [6.45, 7) is -0.936. The molecule has 1 saturated heterocycles. The fourth-order valence-electron chi connectivity index (χ4n) is 6.99. The molecule has 5 rings (SSSR count). The van der Waals surface area contributed by atoms with Gasteiger partial charge in [-0.1, -0.05) is 6.07 Å². The van der Waals surface area contributed by atoms with E-state index in [1.807, 2.05) is 6.07 Å². The highest BCUT2D eigenvalue weighted by molar-refractivity contribution is 8.00. The molecule has 5 atom stereocenters. The average molecular weight is 618 g/mol. The van der Waals surface area contributed by atoms with Crippen molar-refractivity contribution in [3.05, 3.63) is 23.3 Å². The van der Waals surface area contributed by atoms with Crippen LogP contribution in [0.2, 0.25) is 0 Å². The summed E-state index contributed by atoms with van der Waals surface area (Å²) in [5.74, 6) is -2.02. The van der Waals surface area contributed by atoms with Crippen LogP contribution in [0.4, 0.5) is 0 Å². The lowest BCUT2D eigenvalue weighted by Gasteiger charge is -2.59. The van der Waals surface area contributed by atoms with E-state index in [9.17, 15) is 28.8 Å². The van der Waals surface area contributed by atoms with Crippen molar-refractivity contribution in [2.24, 2.45) is 5.92 Å². The summed E-state index contributed by atoms with van der Waals surface area (Å²) < 4.78 is 12.0. The van der Waals surface area contributed by atoms with Crippen LogP contribution >= 0.6 is 11.8 Å². The van der Waals surface area contributed by atoms with Gasteiger partial charge in [-0.2, -0.15) is 0 Å². The van der Waals surface area contributed by atoms with Gasteiger partial charge in [-0.25, -0.2) is 0 Å². The van der Waals surface area contributed by atoms with Crippen molar-refractivity contribution in [2.45, 2.75) is 42.1 Å². The van der Waals surface area contributed by atoms with Crippen LogP contribution in [-0.2, 0) is 40.6 Å². The first-order valence-electron chi connectivity index (χ1n) is 14.0. The van der Waals surface area contributed by atoms with E-state index in [2.05, 4.69) is 39.3 Å². The van der Waals surface area contributed by atoms with Crippen molar-refractivity contribution in [1.29, 1.82) is 0 Å². The summed E-state index contributed by atoms with van der Waals surface area (Å²) in [4.78, 5) is 74.5. The van der Waals surface area contributed by atoms with Gasteiger partial charge in [0.1, 0.15) is 6.54 Å². The van der Waals surface area contributed by atoms with Crippen LogP contribution < -0.4 is 30.7 Å². The quantitative estimate of drug-likeness (QED) is 0.178. The molecule has 2 bridgehead atoms. The smallest absolute Gasteiger partial charge is 0.322 e. The second-order valence-corrected chi connectivity index (χ2v) is 12.4. The van der Waals surface area contributed by atoms with Gasteiger partial charge in [0.25, 0.3) is 0 Å². The molecule has 1 aromatic rings. The molecule has 0 aromatic heterocycles. The lowest BCUT2D eigenvalue weighted by molar-refractivity contribution is -0.138. The number of amides is 4. The number of likely N-dealkylation sites (tertiary alicyclic amines) is 1. The molecule has 2 heterocycles. The Morgan fingerprint density at radius 3 is 2.26 bits per heavy atom. The highest BCUT2D eigenvalue weighted by Gasteiger charge is 2.68. The third-order valence-corrected chi connectivity index (χ3v) is 10.1. The molecule has 43 heavy (non-hydrogen) atoms. The SMILES string of the molecule is COc1ccc2c3c1O[C@H]1C(=O)CC(SCC(=O)NCC(=O)NCC(=O)NCC(=O)NCC(=O)O)[C@H]4[C@@H](C2)N(C)CC[C@]314. The predicted molar refractivity (Wildman–Crippen MR) is 153 cm³/mol. The predicted octanol–water partition coefficient (Wildman–Crippen LogP) is -1.81. The number of nitrogens with zero attached hydrogens (tertiary/aromatic N) is 1. The number of piperidine rings is 1. The molecular formula is C28H35N5O9S. The molecule has 232 valence electrons. The molecular weight excluding hydrogens is 582 g/mol. The van der Waals surface area contributed by atoms with E-state index in [1.54, 1.807) is 7.11 Å². The fourth-order valence-corrected chi connectivity index (χ4v) is 8.37. The molecule has 1 spiro atoms. The van der Waals surface area contributed by atoms with Crippen LogP contribution in [0.15, 0.2) is 12.1 Å². The van der Waals surface area contributed by atoms with Crippen molar-refractivity contribution in [2.75, 3.05) is 52.6 Å².